The molecule has 2 heterocycles. The third-order valence-electron chi connectivity index (χ3n) is 4.55. The van der Waals surface area contributed by atoms with Crippen molar-refractivity contribution in [2.45, 2.75) is 24.9 Å². The van der Waals surface area contributed by atoms with E-state index in [4.69, 9.17) is 4.74 Å². The third kappa shape index (κ3) is 5.19. The van der Waals surface area contributed by atoms with Gasteiger partial charge in [-0.3, -0.25) is 14.8 Å². The largest absolute Gasteiger partial charge is 0.497 e. The monoisotopic (exact) mass is 400 g/mol. The van der Waals surface area contributed by atoms with E-state index in [9.17, 15) is 18.0 Å². The summed E-state index contributed by atoms with van der Waals surface area (Å²) in [5.74, 6) is -0.452. The first-order valence-electron chi connectivity index (χ1n) is 8.95. The van der Waals surface area contributed by atoms with E-state index >= 15 is 0 Å². The average molecular weight is 400 g/mol. The molecule has 0 radical (unpaired) electrons. The molecule has 0 unspecified atom stereocenters. The van der Waals surface area contributed by atoms with Crippen molar-refractivity contribution in [3.63, 3.8) is 0 Å². The quantitative estimate of drug-likeness (QED) is 0.570. The van der Waals surface area contributed by atoms with Gasteiger partial charge in [0.15, 0.2) is 0 Å². The number of pyridine rings is 2. The molecule has 4 nitrogen and oxygen atoms in total. The van der Waals surface area contributed by atoms with E-state index in [2.05, 4.69) is 9.97 Å². The second-order valence-corrected chi connectivity index (χ2v) is 6.54. The van der Waals surface area contributed by atoms with Crippen molar-refractivity contribution in [3.8, 4) is 5.75 Å². The molecule has 1 atom stereocenters. The zero-order chi connectivity index (χ0) is 20.9. The summed E-state index contributed by atoms with van der Waals surface area (Å²) in [6, 6.07) is 12.3. The predicted octanol–water partition coefficient (Wildman–Crippen LogP) is 4.84. The van der Waals surface area contributed by atoms with Crippen LogP contribution in [0.5, 0.6) is 5.75 Å². The minimum Gasteiger partial charge on any atom is -0.497 e. The summed E-state index contributed by atoms with van der Waals surface area (Å²) in [6.45, 7) is 0. The van der Waals surface area contributed by atoms with Gasteiger partial charge in [0, 0.05) is 37.4 Å². The highest BCUT2D eigenvalue weighted by Crippen LogP contribution is 2.38. The zero-order valence-corrected chi connectivity index (χ0v) is 15.7. The molecule has 0 bridgehead atoms. The van der Waals surface area contributed by atoms with Gasteiger partial charge in [0.1, 0.15) is 11.5 Å². The van der Waals surface area contributed by atoms with Crippen molar-refractivity contribution in [3.05, 3.63) is 89.5 Å². The van der Waals surface area contributed by atoms with Crippen LogP contribution in [0.1, 0.15) is 34.7 Å². The molecule has 0 N–H and O–H groups in total. The summed E-state index contributed by atoms with van der Waals surface area (Å²) in [5, 5.41) is 0. The number of benzene rings is 1. The predicted molar refractivity (Wildman–Crippen MR) is 102 cm³/mol. The van der Waals surface area contributed by atoms with Crippen LogP contribution in [0.4, 0.5) is 13.2 Å². The molecule has 29 heavy (non-hydrogen) atoms. The Morgan fingerprint density at radius 1 is 1.07 bits per heavy atom. The van der Waals surface area contributed by atoms with Crippen LogP contribution in [0.3, 0.4) is 0 Å². The fourth-order valence-electron chi connectivity index (χ4n) is 3.17. The topological polar surface area (TPSA) is 52.1 Å². The molecule has 7 heteroatoms. The third-order valence-corrected chi connectivity index (χ3v) is 4.55. The van der Waals surface area contributed by atoms with Crippen LogP contribution in [0.15, 0.2) is 67.1 Å². The Labute approximate surface area is 166 Å². The van der Waals surface area contributed by atoms with Gasteiger partial charge in [-0.2, -0.15) is 13.2 Å². The Kier molecular flexibility index (Phi) is 6.26. The number of carbonyl (C=O) groups excluding carboxylic acids is 1. The minimum atomic E-state index is -4.57. The lowest BCUT2D eigenvalue weighted by atomic mass is 9.86. The van der Waals surface area contributed by atoms with Crippen LogP contribution in [-0.2, 0) is 17.4 Å². The molecule has 0 aliphatic heterocycles. The average Bonchev–Trinajstić information content (AvgIpc) is 2.72. The molecule has 3 aromatic rings. The summed E-state index contributed by atoms with van der Waals surface area (Å²) in [5.41, 5.74) is 0.275. The first-order valence-corrected chi connectivity index (χ1v) is 8.95. The molecule has 0 aliphatic carbocycles. The molecular formula is C22H19F3N2O2. The van der Waals surface area contributed by atoms with Crippen LogP contribution in [0.2, 0.25) is 0 Å². The molecule has 0 aliphatic rings. The van der Waals surface area contributed by atoms with Gasteiger partial charge < -0.3 is 4.74 Å². The van der Waals surface area contributed by atoms with E-state index in [1.54, 1.807) is 48.8 Å². The summed E-state index contributed by atoms with van der Waals surface area (Å²) in [7, 11) is 1.50. The lowest BCUT2D eigenvalue weighted by Gasteiger charge is -2.21. The first-order chi connectivity index (χ1) is 13.9. The maximum atomic E-state index is 13.6. The Balaban J connectivity index is 1.97. The number of rotatable bonds is 7. The number of hydrogen-bond donors (Lipinski definition) is 0. The zero-order valence-electron chi connectivity index (χ0n) is 15.7. The van der Waals surface area contributed by atoms with Gasteiger partial charge in [-0.15, -0.1) is 0 Å². The fourth-order valence-corrected chi connectivity index (χ4v) is 3.17. The fraction of sp³-hybridized carbons (Fsp3) is 0.227. The molecule has 0 saturated carbocycles. The van der Waals surface area contributed by atoms with Gasteiger partial charge in [-0.25, -0.2) is 0 Å². The molecule has 0 spiro atoms. The SMILES string of the molecule is COc1ccc([C@H](CC(=O)Cc2cccnc2)c2ncccc2C(F)(F)F)cc1. The molecule has 3 rings (SSSR count). The Bertz CT molecular complexity index is 958. The molecule has 0 saturated heterocycles. The van der Waals surface area contributed by atoms with Gasteiger partial charge in [0.2, 0.25) is 0 Å². The molecule has 0 amide bonds. The minimum absolute atomic E-state index is 0.0919. The number of Topliss-reactive ketones (excluding diaryl/α,β-unsaturated/α-hetero) is 1. The second-order valence-electron chi connectivity index (χ2n) is 6.54. The first kappa shape index (κ1) is 20.5. The molecule has 0 fully saturated rings. The lowest BCUT2D eigenvalue weighted by Crippen LogP contribution is -2.18. The van der Waals surface area contributed by atoms with Crippen molar-refractivity contribution in [1.82, 2.24) is 9.97 Å². The Morgan fingerprint density at radius 3 is 2.41 bits per heavy atom. The van der Waals surface area contributed by atoms with E-state index in [1.165, 1.54) is 19.4 Å². The van der Waals surface area contributed by atoms with E-state index in [0.717, 1.165) is 6.07 Å². The summed E-state index contributed by atoms with van der Waals surface area (Å²) >= 11 is 0. The van der Waals surface area contributed by atoms with Crippen molar-refractivity contribution >= 4 is 5.78 Å². The Morgan fingerprint density at radius 2 is 1.79 bits per heavy atom. The molecular weight excluding hydrogens is 381 g/mol. The van der Waals surface area contributed by atoms with Crippen molar-refractivity contribution in [2.75, 3.05) is 7.11 Å². The summed E-state index contributed by atoms with van der Waals surface area (Å²) < 4.78 is 45.8. The normalized spacial score (nSPS) is 12.4. The van der Waals surface area contributed by atoms with Gasteiger partial charge in [0.25, 0.3) is 0 Å². The van der Waals surface area contributed by atoms with Crippen molar-refractivity contribution < 1.29 is 22.7 Å². The van der Waals surface area contributed by atoms with E-state index in [0.29, 0.717) is 16.9 Å². The van der Waals surface area contributed by atoms with E-state index in [-0.39, 0.29) is 24.3 Å². The highest BCUT2D eigenvalue weighted by Gasteiger charge is 2.36. The van der Waals surface area contributed by atoms with Gasteiger partial charge in [-0.05, 0) is 41.5 Å². The maximum Gasteiger partial charge on any atom is 0.418 e. The number of alkyl halides is 3. The number of ether oxygens (including phenoxy) is 1. The van der Waals surface area contributed by atoms with Crippen LogP contribution in [0.25, 0.3) is 0 Å². The highest BCUT2D eigenvalue weighted by atomic mass is 19.4. The highest BCUT2D eigenvalue weighted by molar-refractivity contribution is 5.82. The van der Waals surface area contributed by atoms with Crippen LogP contribution >= 0.6 is 0 Å². The van der Waals surface area contributed by atoms with Crippen molar-refractivity contribution in [2.24, 2.45) is 0 Å². The Hall–Kier alpha value is -3.22. The van der Waals surface area contributed by atoms with Gasteiger partial charge in [-0.1, -0.05) is 18.2 Å². The van der Waals surface area contributed by atoms with E-state index < -0.39 is 17.7 Å². The summed E-state index contributed by atoms with van der Waals surface area (Å²) in [6.07, 6.45) is -0.108. The smallest absolute Gasteiger partial charge is 0.418 e. The molecule has 150 valence electrons. The maximum absolute atomic E-state index is 13.6. The number of nitrogens with zero attached hydrogens (tertiary/aromatic N) is 2. The number of ketones is 1. The van der Waals surface area contributed by atoms with Crippen LogP contribution in [-0.4, -0.2) is 22.9 Å². The molecule has 1 aromatic carbocycles. The van der Waals surface area contributed by atoms with E-state index in [1.807, 2.05) is 0 Å². The summed E-state index contributed by atoms with van der Waals surface area (Å²) in [4.78, 5) is 20.7. The number of aromatic nitrogens is 2. The molecule has 2 aromatic heterocycles. The lowest BCUT2D eigenvalue weighted by molar-refractivity contribution is -0.138. The second kappa shape index (κ2) is 8.86. The standard InChI is InChI=1S/C22H19F3N2O2/c1-29-18-8-6-16(7-9-18)19(13-17(28)12-15-4-2-10-26-14-15)21-20(22(23,24)25)5-3-11-27-21/h2-11,14,19H,12-13H2,1H3/t19-/m0/s1. The van der Waals surface area contributed by atoms with Crippen molar-refractivity contribution in [1.29, 1.82) is 0 Å². The number of hydrogen-bond acceptors (Lipinski definition) is 4. The van der Waals surface area contributed by atoms with Gasteiger partial charge in [0.05, 0.1) is 18.4 Å². The number of halogens is 3. The van der Waals surface area contributed by atoms with Gasteiger partial charge >= 0.3 is 6.18 Å². The van der Waals surface area contributed by atoms with Crippen LogP contribution < -0.4 is 4.74 Å². The number of methoxy groups -OCH3 is 1. The number of carbonyl (C=O) groups is 1. The van der Waals surface area contributed by atoms with Crippen LogP contribution in [0, 0.1) is 0 Å².